The molecule has 2 bridgehead atoms. The lowest BCUT2D eigenvalue weighted by atomic mass is 9.78. The Morgan fingerprint density at radius 3 is 2.81 bits per heavy atom. The van der Waals surface area contributed by atoms with E-state index in [0.717, 1.165) is 25.7 Å². The Hall–Kier alpha value is -1.34. The molecule has 3 saturated carbocycles. The van der Waals surface area contributed by atoms with Crippen LogP contribution in [0.3, 0.4) is 0 Å². The summed E-state index contributed by atoms with van der Waals surface area (Å²) in [6, 6.07) is 1.38. The number of hydrogen-bond acceptors (Lipinski definition) is 4. The summed E-state index contributed by atoms with van der Waals surface area (Å²) in [5.41, 5.74) is -0.00342. The molecule has 7 heteroatoms. The largest absolute Gasteiger partial charge is 0.461 e. The van der Waals surface area contributed by atoms with Gasteiger partial charge in [-0.05, 0) is 44.6 Å². The number of nitrogens with one attached hydrogen (secondary N) is 1. The van der Waals surface area contributed by atoms with E-state index in [0.29, 0.717) is 5.92 Å². The lowest BCUT2D eigenvalue weighted by Gasteiger charge is -2.38. The highest BCUT2D eigenvalue weighted by molar-refractivity contribution is 7.89. The number of sulfonamides is 1. The van der Waals surface area contributed by atoms with Crippen molar-refractivity contribution in [3.63, 3.8) is 0 Å². The number of esters is 1. The average Bonchev–Trinajstić information content (AvgIpc) is 3.02. The zero-order chi connectivity index (χ0) is 15.3. The zero-order valence-corrected chi connectivity index (χ0v) is 13.1. The van der Waals surface area contributed by atoms with Crippen LogP contribution in [-0.4, -0.2) is 31.1 Å². The Bertz CT molecular complexity index is 666. The maximum atomic E-state index is 12.5. The Morgan fingerprint density at radius 2 is 2.24 bits per heavy atom. The van der Waals surface area contributed by atoms with Crippen molar-refractivity contribution in [2.45, 2.75) is 43.0 Å². The molecule has 116 valence electrons. The molecule has 3 aliphatic rings. The summed E-state index contributed by atoms with van der Waals surface area (Å²) in [7, 11) is -1.96. The van der Waals surface area contributed by atoms with Crippen LogP contribution in [-0.2, 0) is 21.8 Å². The summed E-state index contributed by atoms with van der Waals surface area (Å²) in [6.45, 7) is 1.97. The van der Waals surface area contributed by atoms with Crippen molar-refractivity contribution in [2.24, 2.45) is 13.0 Å². The minimum atomic E-state index is -3.59. The van der Waals surface area contributed by atoms with Gasteiger partial charge in [-0.15, -0.1) is 0 Å². The Labute approximate surface area is 124 Å². The van der Waals surface area contributed by atoms with Crippen LogP contribution in [0.15, 0.2) is 17.2 Å². The van der Waals surface area contributed by atoms with Gasteiger partial charge in [0.2, 0.25) is 10.0 Å². The summed E-state index contributed by atoms with van der Waals surface area (Å²) < 4.78 is 34.2. The molecule has 0 spiro atoms. The minimum absolute atomic E-state index is 0.123. The molecule has 3 aliphatic carbocycles. The van der Waals surface area contributed by atoms with Gasteiger partial charge in [0.15, 0.2) is 0 Å². The molecule has 1 aromatic heterocycles. The topological polar surface area (TPSA) is 77.4 Å². The van der Waals surface area contributed by atoms with Gasteiger partial charge in [-0.25, -0.2) is 17.9 Å². The molecule has 3 fully saturated rings. The number of rotatable bonds is 5. The van der Waals surface area contributed by atoms with Gasteiger partial charge < -0.3 is 9.30 Å². The van der Waals surface area contributed by atoms with Crippen LogP contribution in [0.2, 0.25) is 0 Å². The van der Waals surface area contributed by atoms with E-state index in [1.807, 2.05) is 0 Å². The molecular formula is C14H20N2O4S. The Balaban J connectivity index is 1.82. The third-order valence-corrected chi connectivity index (χ3v) is 6.06. The van der Waals surface area contributed by atoms with Gasteiger partial charge in [-0.1, -0.05) is 0 Å². The van der Waals surface area contributed by atoms with Gasteiger partial charge >= 0.3 is 5.97 Å². The second-order valence-corrected chi connectivity index (χ2v) is 7.77. The van der Waals surface area contributed by atoms with Gasteiger partial charge in [-0.3, -0.25) is 0 Å². The molecule has 1 heterocycles. The summed E-state index contributed by atoms with van der Waals surface area (Å²) in [6.07, 6.45) is 5.34. The number of carbonyl (C=O) groups excluding carboxylic acids is 1. The lowest BCUT2D eigenvalue weighted by Crippen LogP contribution is -2.51. The predicted molar refractivity (Wildman–Crippen MR) is 76.4 cm³/mol. The van der Waals surface area contributed by atoms with Crippen molar-refractivity contribution in [1.29, 1.82) is 0 Å². The Kier molecular flexibility index (Phi) is 3.37. The van der Waals surface area contributed by atoms with E-state index >= 15 is 0 Å². The SMILES string of the molecule is CCOC(=O)c1cc(S(=O)(=O)NC23CCC(C2)C3)cn1C. The third kappa shape index (κ3) is 2.48. The van der Waals surface area contributed by atoms with Crippen molar-refractivity contribution < 1.29 is 17.9 Å². The molecule has 1 N–H and O–H groups in total. The molecule has 6 nitrogen and oxygen atoms in total. The number of hydrogen-bond donors (Lipinski definition) is 1. The van der Waals surface area contributed by atoms with E-state index in [9.17, 15) is 13.2 Å². The van der Waals surface area contributed by atoms with Crippen LogP contribution in [0, 0.1) is 5.92 Å². The molecule has 21 heavy (non-hydrogen) atoms. The van der Waals surface area contributed by atoms with Crippen molar-refractivity contribution >= 4 is 16.0 Å². The minimum Gasteiger partial charge on any atom is -0.461 e. The first-order valence-corrected chi connectivity index (χ1v) is 8.71. The molecular weight excluding hydrogens is 292 g/mol. The van der Waals surface area contributed by atoms with Crippen LogP contribution < -0.4 is 4.72 Å². The number of fused-ring (bicyclic) bond motifs is 1. The smallest absolute Gasteiger partial charge is 0.354 e. The molecule has 0 aliphatic heterocycles. The first kappa shape index (κ1) is 14.6. The van der Waals surface area contributed by atoms with Crippen LogP contribution >= 0.6 is 0 Å². The van der Waals surface area contributed by atoms with Crippen molar-refractivity contribution in [2.75, 3.05) is 6.61 Å². The van der Waals surface area contributed by atoms with E-state index in [4.69, 9.17) is 4.74 Å². The second-order valence-electron chi connectivity index (χ2n) is 6.09. The maximum Gasteiger partial charge on any atom is 0.354 e. The fourth-order valence-electron chi connectivity index (χ4n) is 3.50. The average molecular weight is 312 g/mol. The standard InChI is InChI=1S/C14H20N2O4S/c1-3-20-13(17)12-6-11(9-16(12)2)21(18,19)15-14-5-4-10(7-14)8-14/h6,9-10,15H,3-5,7-8H2,1-2H3. The number of aryl methyl sites for hydroxylation is 1. The summed E-state index contributed by atoms with van der Waals surface area (Å²) in [4.78, 5) is 11.9. The highest BCUT2D eigenvalue weighted by atomic mass is 32.2. The van der Waals surface area contributed by atoms with Crippen molar-refractivity contribution in [3.05, 3.63) is 18.0 Å². The molecule has 0 radical (unpaired) electrons. The fraction of sp³-hybridized carbons (Fsp3) is 0.643. The molecule has 0 saturated heterocycles. The summed E-state index contributed by atoms with van der Waals surface area (Å²) in [5, 5.41) is 0. The van der Waals surface area contributed by atoms with Crippen molar-refractivity contribution in [1.82, 2.24) is 9.29 Å². The number of ether oxygens (including phenoxy) is 1. The van der Waals surface area contributed by atoms with Gasteiger partial charge in [-0.2, -0.15) is 0 Å². The molecule has 1 aromatic rings. The molecule has 0 atom stereocenters. The van der Waals surface area contributed by atoms with Gasteiger partial charge in [0.25, 0.3) is 0 Å². The number of aromatic nitrogens is 1. The first-order valence-electron chi connectivity index (χ1n) is 7.23. The van der Waals surface area contributed by atoms with E-state index in [-0.39, 0.29) is 22.7 Å². The zero-order valence-electron chi connectivity index (χ0n) is 12.3. The van der Waals surface area contributed by atoms with Gasteiger partial charge in [0.1, 0.15) is 10.6 Å². The van der Waals surface area contributed by atoms with Crippen molar-refractivity contribution in [3.8, 4) is 0 Å². The van der Waals surface area contributed by atoms with Gasteiger partial charge in [0, 0.05) is 18.8 Å². The van der Waals surface area contributed by atoms with Crippen LogP contribution in [0.5, 0.6) is 0 Å². The number of carbonyl (C=O) groups is 1. The highest BCUT2D eigenvalue weighted by Gasteiger charge is 2.52. The van der Waals surface area contributed by atoms with E-state index in [1.54, 1.807) is 14.0 Å². The van der Waals surface area contributed by atoms with Gasteiger partial charge in [0.05, 0.1) is 6.61 Å². The Morgan fingerprint density at radius 1 is 1.52 bits per heavy atom. The number of nitrogens with zero attached hydrogens (tertiary/aromatic N) is 1. The normalized spacial score (nSPS) is 27.4. The molecule has 0 amide bonds. The molecule has 4 rings (SSSR count). The second kappa shape index (κ2) is 4.84. The van der Waals surface area contributed by atoms with E-state index in [1.165, 1.54) is 16.8 Å². The highest BCUT2D eigenvalue weighted by Crippen LogP contribution is 2.52. The van der Waals surface area contributed by atoms with Crippen LogP contribution in [0.1, 0.15) is 43.1 Å². The molecule has 0 unspecified atom stereocenters. The van der Waals surface area contributed by atoms with Crippen LogP contribution in [0.4, 0.5) is 0 Å². The summed E-state index contributed by atoms with van der Waals surface area (Å²) in [5.74, 6) is 0.169. The quantitative estimate of drug-likeness (QED) is 0.834. The van der Waals surface area contributed by atoms with E-state index < -0.39 is 16.0 Å². The van der Waals surface area contributed by atoms with Crippen LogP contribution in [0.25, 0.3) is 0 Å². The maximum absolute atomic E-state index is 12.5. The lowest BCUT2D eigenvalue weighted by molar-refractivity contribution is 0.0515. The predicted octanol–water partition coefficient (Wildman–Crippen LogP) is 1.42. The third-order valence-electron chi connectivity index (χ3n) is 4.52. The fourth-order valence-corrected chi connectivity index (χ4v) is 5.02. The van der Waals surface area contributed by atoms with E-state index in [2.05, 4.69) is 4.72 Å². The summed E-state index contributed by atoms with van der Waals surface area (Å²) >= 11 is 0. The first-order chi connectivity index (χ1) is 9.85. The monoisotopic (exact) mass is 312 g/mol. The molecule has 0 aromatic carbocycles.